The van der Waals surface area contributed by atoms with Crippen LogP contribution in [0.25, 0.3) is 21.9 Å². The fourth-order valence-electron chi connectivity index (χ4n) is 2.16. The van der Waals surface area contributed by atoms with Crippen LogP contribution in [0.3, 0.4) is 0 Å². The molecule has 0 aliphatic heterocycles. The second kappa shape index (κ2) is 4.27. The fraction of sp³-hybridized carbons (Fsp3) is 0.231. The maximum absolute atomic E-state index is 11.8. The number of fused-ring (bicyclic) bond motifs is 3. The highest BCUT2D eigenvalue weighted by molar-refractivity contribution is 5.99. The van der Waals surface area contributed by atoms with E-state index in [1.54, 1.807) is 6.07 Å². The molecule has 0 aliphatic rings. The summed E-state index contributed by atoms with van der Waals surface area (Å²) >= 11 is 0. The molecule has 0 radical (unpaired) electrons. The van der Waals surface area contributed by atoms with Crippen molar-refractivity contribution in [3.05, 3.63) is 41.5 Å². The van der Waals surface area contributed by atoms with Crippen molar-refractivity contribution in [3.63, 3.8) is 0 Å². The smallest absolute Gasteiger partial charge is 0.226 e. The highest BCUT2D eigenvalue weighted by atomic mass is 16.5. The zero-order valence-electron chi connectivity index (χ0n) is 9.76. The van der Waals surface area contributed by atoms with E-state index >= 15 is 0 Å². The van der Waals surface area contributed by atoms with E-state index in [1.807, 2.05) is 18.2 Å². The number of aryl methyl sites for hydroxylation is 1. The van der Waals surface area contributed by atoms with E-state index in [9.17, 15) is 5.21 Å². The van der Waals surface area contributed by atoms with Crippen molar-refractivity contribution in [1.82, 2.24) is 9.97 Å². The number of hydrogen-bond acceptors (Lipinski definition) is 3. The van der Waals surface area contributed by atoms with Crippen LogP contribution in [0.5, 0.6) is 0 Å². The standard InChI is InChI=1S/C13H13N3O2/c17-7-3-6-12-14-10-8-16(18)11-5-2-1-4-9(11)13(10)15-12/h1-2,4-5,8,17H,3,6-7H2,(H,14,15). The zero-order chi connectivity index (χ0) is 12.5. The van der Waals surface area contributed by atoms with E-state index < -0.39 is 0 Å². The number of pyridine rings is 1. The summed E-state index contributed by atoms with van der Waals surface area (Å²) in [6, 6.07) is 7.43. The number of rotatable bonds is 3. The van der Waals surface area contributed by atoms with Gasteiger partial charge in [-0.1, -0.05) is 12.1 Å². The second-order valence-corrected chi connectivity index (χ2v) is 4.24. The van der Waals surface area contributed by atoms with E-state index in [2.05, 4.69) is 9.97 Å². The van der Waals surface area contributed by atoms with Crippen LogP contribution in [-0.4, -0.2) is 21.7 Å². The summed E-state index contributed by atoms with van der Waals surface area (Å²) in [5, 5.41) is 21.5. The molecule has 0 amide bonds. The highest BCUT2D eigenvalue weighted by Gasteiger charge is 2.12. The molecule has 5 heteroatoms. The molecule has 1 aromatic carbocycles. The van der Waals surface area contributed by atoms with E-state index in [4.69, 9.17) is 5.11 Å². The number of H-pyrrole nitrogens is 1. The molecule has 0 spiro atoms. The molecule has 2 heterocycles. The zero-order valence-corrected chi connectivity index (χ0v) is 9.76. The Kier molecular flexibility index (Phi) is 2.60. The molecule has 0 atom stereocenters. The second-order valence-electron chi connectivity index (χ2n) is 4.24. The third-order valence-electron chi connectivity index (χ3n) is 3.00. The van der Waals surface area contributed by atoms with Crippen LogP contribution < -0.4 is 4.73 Å². The lowest BCUT2D eigenvalue weighted by atomic mass is 10.2. The highest BCUT2D eigenvalue weighted by Crippen LogP contribution is 2.20. The number of aliphatic hydroxyl groups excluding tert-OH is 1. The Hall–Kier alpha value is -2.14. The topological polar surface area (TPSA) is 75.8 Å². The fourth-order valence-corrected chi connectivity index (χ4v) is 2.16. The molecule has 0 saturated carbocycles. The molecule has 3 aromatic rings. The van der Waals surface area contributed by atoms with Crippen LogP contribution in [0.2, 0.25) is 0 Å². The van der Waals surface area contributed by atoms with Crippen LogP contribution in [0.1, 0.15) is 12.2 Å². The first kappa shape index (κ1) is 11.0. The molecule has 2 aromatic heterocycles. The molecular formula is C13H13N3O2. The first-order valence-corrected chi connectivity index (χ1v) is 5.90. The van der Waals surface area contributed by atoms with Crippen LogP contribution in [0.15, 0.2) is 30.5 Å². The summed E-state index contributed by atoms with van der Waals surface area (Å²) < 4.78 is 0.842. The van der Waals surface area contributed by atoms with Crippen molar-refractivity contribution in [3.8, 4) is 0 Å². The number of aliphatic hydroxyl groups is 1. The van der Waals surface area contributed by atoms with Crippen molar-refractivity contribution in [2.45, 2.75) is 12.8 Å². The van der Waals surface area contributed by atoms with Gasteiger partial charge >= 0.3 is 0 Å². The minimum Gasteiger partial charge on any atom is -0.618 e. The molecule has 0 bridgehead atoms. The van der Waals surface area contributed by atoms with Crippen LogP contribution in [0.4, 0.5) is 0 Å². The third-order valence-corrected chi connectivity index (χ3v) is 3.00. The molecule has 0 fully saturated rings. The summed E-state index contributed by atoms with van der Waals surface area (Å²) in [7, 11) is 0. The van der Waals surface area contributed by atoms with Crippen molar-refractivity contribution in [2.24, 2.45) is 0 Å². The number of aromatic nitrogens is 3. The minimum absolute atomic E-state index is 0.138. The molecule has 0 unspecified atom stereocenters. The van der Waals surface area contributed by atoms with E-state index in [1.165, 1.54) is 6.20 Å². The van der Waals surface area contributed by atoms with Gasteiger partial charge in [-0.25, -0.2) is 4.98 Å². The van der Waals surface area contributed by atoms with Crippen LogP contribution in [-0.2, 0) is 6.42 Å². The maximum atomic E-state index is 11.8. The first-order chi connectivity index (χ1) is 8.79. The number of imidazole rings is 1. The van der Waals surface area contributed by atoms with Gasteiger partial charge in [0.05, 0.1) is 10.9 Å². The van der Waals surface area contributed by atoms with Gasteiger partial charge < -0.3 is 15.3 Å². The summed E-state index contributed by atoms with van der Waals surface area (Å²) in [5.41, 5.74) is 2.17. The average Bonchev–Trinajstić information content (AvgIpc) is 2.80. The monoisotopic (exact) mass is 243 g/mol. The normalized spacial score (nSPS) is 11.4. The predicted octanol–water partition coefficient (Wildman–Crippen LogP) is 1.27. The largest absolute Gasteiger partial charge is 0.618 e. The van der Waals surface area contributed by atoms with Crippen molar-refractivity contribution >= 4 is 21.9 Å². The Morgan fingerprint density at radius 2 is 2.17 bits per heavy atom. The maximum Gasteiger partial charge on any atom is 0.226 e. The number of aromatic amines is 1. The van der Waals surface area contributed by atoms with Gasteiger partial charge in [0.1, 0.15) is 5.82 Å². The third kappa shape index (κ3) is 1.69. The molecule has 5 nitrogen and oxygen atoms in total. The lowest BCUT2D eigenvalue weighted by Gasteiger charge is -2.00. The average molecular weight is 243 g/mol. The molecule has 3 rings (SSSR count). The lowest BCUT2D eigenvalue weighted by Crippen LogP contribution is -2.26. The Morgan fingerprint density at radius 1 is 1.33 bits per heavy atom. The molecule has 92 valence electrons. The molecule has 18 heavy (non-hydrogen) atoms. The van der Waals surface area contributed by atoms with Gasteiger partial charge in [-0.2, -0.15) is 4.73 Å². The van der Waals surface area contributed by atoms with E-state index in [-0.39, 0.29) is 6.61 Å². The Bertz CT molecular complexity index is 706. The number of para-hydroxylation sites is 1. The van der Waals surface area contributed by atoms with Crippen LogP contribution in [0, 0.1) is 5.21 Å². The summed E-state index contributed by atoms with van der Waals surface area (Å²) in [4.78, 5) is 7.60. The Labute approximate surface area is 103 Å². The van der Waals surface area contributed by atoms with Gasteiger partial charge in [0.25, 0.3) is 0 Å². The quantitative estimate of drug-likeness (QED) is 0.537. The van der Waals surface area contributed by atoms with Gasteiger partial charge in [-0.05, 0) is 12.5 Å². The summed E-state index contributed by atoms with van der Waals surface area (Å²) in [6.07, 6.45) is 2.82. The van der Waals surface area contributed by atoms with Crippen LogP contribution >= 0.6 is 0 Å². The van der Waals surface area contributed by atoms with Crippen molar-refractivity contribution in [2.75, 3.05) is 6.61 Å². The summed E-state index contributed by atoms with van der Waals surface area (Å²) in [6.45, 7) is 0.138. The summed E-state index contributed by atoms with van der Waals surface area (Å²) in [5.74, 6) is 0.801. The van der Waals surface area contributed by atoms with Gasteiger partial charge in [0, 0.05) is 19.1 Å². The van der Waals surface area contributed by atoms with Crippen molar-refractivity contribution in [1.29, 1.82) is 0 Å². The number of hydrogen-bond donors (Lipinski definition) is 2. The minimum atomic E-state index is 0.138. The Balaban J connectivity index is 2.23. The molecular weight excluding hydrogens is 230 g/mol. The molecule has 2 N–H and O–H groups in total. The van der Waals surface area contributed by atoms with Gasteiger partial charge in [0.2, 0.25) is 11.7 Å². The van der Waals surface area contributed by atoms with Gasteiger partial charge in [-0.15, -0.1) is 0 Å². The molecule has 0 saturated heterocycles. The Morgan fingerprint density at radius 3 is 3.00 bits per heavy atom. The van der Waals surface area contributed by atoms with E-state index in [0.717, 1.165) is 21.5 Å². The van der Waals surface area contributed by atoms with Gasteiger partial charge in [0.15, 0.2) is 5.52 Å². The number of benzene rings is 1. The molecule has 0 aliphatic carbocycles. The predicted molar refractivity (Wildman–Crippen MR) is 68.0 cm³/mol. The lowest BCUT2D eigenvalue weighted by molar-refractivity contribution is -0.575. The number of nitrogens with one attached hydrogen (secondary N) is 1. The first-order valence-electron chi connectivity index (χ1n) is 5.90. The number of nitrogens with zero attached hydrogens (tertiary/aromatic N) is 2. The van der Waals surface area contributed by atoms with Gasteiger partial charge in [-0.3, -0.25) is 0 Å². The van der Waals surface area contributed by atoms with E-state index in [0.29, 0.717) is 23.9 Å². The SMILES string of the molecule is [O-][n+]1cc2nc(CCCO)[nH]c2c2ccccc21. The van der Waals surface area contributed by atoms with Crippen molar-refractivity contribution < 1.29 is 9.84 Å².